The van der Waals surface area contributed by atoms with Crippen molar-refractivity contribution in [3.63, 3.8) is 0 Å². The molecule has 1 amide bonds. The predicted octanol–water partition coefficient (Wildman–Crippen LogP) is 6.65. The van der Waals surface area contributed by atoms with Crippen molar-refractivity contribution in [3.05, 3.63) is 71.1 Å². The Hall–Kier alpha value is -2.57. The summed E-state index contributed by atoms with van der Waals surface area (Å²) in [6.07, 6.45) is 17.9. The maximum absolute atomic E-state index is 12.7. The number of hydrogen-bond acceptors (Lipinski definition) is 4. The number of anilines is 1. The van der Waals surface area contributed by atoms with E-state index in [9.17, 15) is 4.79 Å². The van der Waals surface area contributed by atoms with Gasteiger partial charge < -0.3 is 15.1 Å². The summed E-state index contributed by atoms with van der Waals surface area (Å²) in [7, 11) is 0. The summed E-state index contributed by atoms with van der Waals surface area (Å²) in [6.45, 7) is 6.73. The lowest BCUT2D eigenvalue weighted by molar-refractivity contribution is 0.0946. The van der Waals surface area contributed by atoms with Crippen LogP contribution in [0.1, 0.15) is 92.1 Å². The molecule has 3 heterocycles. The molecule has 1 aromatic carbocycles. The van der Waals surface area contributed by atoms with Gasteiger partial charge in [-0.1, -0.05) is 69.0 Å². The number of benzene rings is 1. The van der Waals surface area contributed by atoms with E-state index in [1.807, 2.05) is 18.3 Å². The van der Waals surface area contributed by atoms with Gasteiger partial charge >= 0.3 is 0 Å². The first-order valence-corrected chi connectivity index (χ1v) is 15.1. The van der Waals surface area contributed by atoms with Crippen LogP contribution in [0.2, 0.25) is 0 Å². The Bertz CT molecular complexity index is 1130. The molecule has 5 nitrogen and oxygen atoms in total. The minimum Gasteiger partial charge on any atom is -0.351 e. The van der Waals surface area contributed by atoms with Crippen LogP contribution in [0, 0.1) is 5.92 Å². The number of allylic oxidation sites excluding steroid dienone is 1. The van der Waals surface area contributed by atoms with Crippen molar-refractivity contribution in [2.75, 3.05) is 31.1 Å². The predicted molar refractivity (Wildman–Crippen MR) is 160 cm³/mol. The maximum Gasteiger partial charge on any atom is 0.251 e. The zero-order chi connectivity index (χ0) is 26.3. The van der Waals surface area contributed by atoms with E-state index in [0.717, 1.165) is 42.5 Å². The highest BCUT2D eigenvalue weighted by Crippen LogP contribution is 2.45. The van der Waals surface area contributed by atoms with Crippen LogP contribution in [0.5, 0.6) is 0 Å². The van der Waals surface area contributed by atoms with Gasteiger partial charge in [0.05, 0.1) is 0 Å². The summed E-state index contributed by atoms with van der Waals surface area (Å²) >= 11 is 6.11. The van der Waals surface area contributed by atoms with Gasteiger partial charge in [-0.25, -0.2) is 0 Å². The number of pyridine rings is 1. The van der Waals surface area contributed by atoms with Crippen molar-refractivity contribution in [1.29, 1.82) is 0 Å². The van der Waals surface area contributed by atoms with Crippen LogP contribution < -0.4 is 10.2 Å². The topological polar surface area (TPSA) is 48.5 Å². The number of likely N-dealkylation sites (tertiary alicyclic amines) is 1. The zero-order valence-electron chi connectivity index (χ0n) is 22.8. The van der Waals surface area contributed by atoms with E-state index < -0.39 is 0 Å². The van der Waals surface area contributed by atoms with Gasteiger partial charge in [0.15, 0.2) is 0 Å². The van der Waals surface area contributed by atoms with E-state index in [2.05, 4.69) is 57.5 Å². The Morgan fingerprint density at radius 1 is 1.05 bits per heavy atom. The number of carbonyl (C=O) groups excluding carboxylic acids is 1. The highest BCUT2D eigenvalue weighted by molar-refractivity contribution is 7.81. The zero-order valence-corrected chi connectivity index (χ0v) is 23.6. The number of piperidine rings is 1. The molecule has 1 aliphatic carbocycles. The van der Waals surface area contributed by atoms with Gasteiger partial charge in [0, 0.05) is 54.8 Å². The molecule has 5 rings (SSSR count). The molecule has 2 aliphatic heterocycles. The molecule has 38 heavy (non-hydrogen) atoms. The molecule has 2 aromatic rings. The molecule has 1 saturated carbocycles. The van der Waals surface area contributed by atoms with Crippen LogP contribution in [-0.4, -0.2) is 47.0 Å². The fraction of sp³-hybridized carbons (Fsp3) is 0.531. The van der Waals surface area contributed by atoms with Gasteiger partial charge in [0.2, 0.25) is 0 Å². The van der Waals surface area contributed by atoms with Crippen LogP contribution in [0.25, 0.3) is 0 Å². The summed E-state index contributed by atoms with van der Waals surface area (Å²) in [6, 6.07) is 10.1. The molecule has 1 saturated heterocycles. The lowest BCUT2D eigenvalue weighted by atomic mass is 9.76. The molecule has 0 bridgehead atoms. The van der Waals surface area contributed by atoms with E-state index in [1.165, 1.54) is 68.2 Å². The number of aromatic nitrogens is 1. The standard InChI is InChI=1S/C32H42N4OS/c1-2-27-28(21-24-9-5-3-6-10-24)29-22-33-16-15-30(29)36(32(27)38)23-25-11-13-26(14-12-25)31(37)34-17-20-35-18-7-4-8-19-35/h2,11-16,22,24,28H,3-10,17-21,23H2,1H3,(H,34,37)/b27-2+. The van der Waals surface area contributed by atoms with Crippen LogP contribution in [-0.2, 0) is 6.54 Å². The quantitative estimate of drug-likeness (QED) is 0.306. The molecular weight excluding hydrogens is 488 g/mol. The number of thiocarbonyl (C=S) groups is 1. The first-order valence-electron chi connectivity index (χ1n) is 14.7. The first kappa shape index (κ1) is 27.0. The number of nitrogens with one attached hydrogen (secondary N) is 1. The molecule has 1 aromatic heterocycles. The average Bonchev–Trinajstić information content (AvgIpc) is 2.96. The van der Waals surface area contributed by atoms with Crippen LogP contribution in [0.3, 0.4) is 0 Å². The van der Waals surface area contributed by atoms with E-state index in [-0.39, 0.29) is 5.91 Å². The molecule has 3 aliphatic rings. The molecule has 1 atom stereocenters. The minimum absolute atomic E-state index is 0.000213. The Morgan fingerprint density at radius 2 is 1.79 bits per heavy atom. The number of hydrogen-bond donors (Lipinski definition) is 1. The third-order valence-electron chi connectivity index (χ3n) is 8.69. The minimum atomic E-state index is 0.000213. The second-order valence-corrected chi connectivity index (χ2v) is 11.6. The molecule has 202 valence electrons. The molecular formula is C32H42N4OS. The third kappa shape index (κ3) is 6.35. The maximum atomic E-state index is 12.7. The van der Waals surface area contributed by atoms with Crippen molar-refractivity contribution >= 4 is 28.8 Å². The number of carbonyl (C=O) groups is 1. The Morgan fingerprint density at radius 3 is 2.53 bits per heavy atom. The fourth-order valence-corrected chi connectivity index (χ4v) is 6.97. The van der Waals surface area contributed by atoms with Gasteiger partial charge in [-0.3, -0.25) is 9.78 Å². The Balaban J connectivity index is 1.25. The summed E-state index contributed by atoms with van der Waals surface area (Å²) in [5.74, 6) is 1.09. The summed E-state index contributed by atoms with van der Waals surface area (Å²) in [5.41, 5.74) is 5.58. The SMILES string of the molecule is C/C=C1/C(=S)N(Cc2ccc(C(=O)NCCN3CCCCC3)cc2)c2ccncc2C1CC1CCCCC1. The summed E-state index contributed by atoms with van der Waals surface area (Å²) < 4.78 is 0. The van der Waals surface area contributed by atoms with E-state index in [0.29, 0.717) is 24.6 Å². The largest absolute Gasteiger partial charge is 0.351 e. The second kappa shape index (κ2) is 13.0. The first-order chi connectivity index (χ1) is 18.6. The van der Waals surface area contributed by atoms with Crippen molar-refractivity contribution in [1.82, 2.24) is 15.2 Å². The van der Waals surface area contributed by atoms with Crippen molar-refractivity contribution in [2.24, 2.45) is 5.92 Å². The number of amides is 1. The van der Waals surface area contributed by atoms with Crippen molar-refractivity contribution in [3.8, 4) is 0 Å². The molecule has 1 N–H and O–H groups in total. The van der Waals surface area contributed by atoms with Crippen LogP contribution in [0.15, 0.2) is 54.4 Å². The highest BCUT2D eigenvalue weighted by Gasteiger charge is 2.34. The normalized spacial score (nSPS) is 21.9. The second-order valence-electron chi connectivity index (χ2n) is 11.2. The molecule has 2 fully saturated rings. The molecule has 0 spiro atoms. The van der Waals surface area contributed by atoms with Gasteiger partial charge in [0.25, 0.3) is 5.91 Å². The van der Waals surface area contributed by atoms with E-state index in [4.69, 9.17) is 12.2 Å². The lowest BCUT2D eigenvalue weighted by Gasteiger charge is -2.39. The monoisotopic (exact) mass is 530 g/mol. The molecule has 6 heteroatoms. The van der Waals surface area contributed by atoms with Crippen molar-refractivity contribution < 1.29 is 4.79 Å². The van der Waals surface area contributed by atoms with Crippen LogP contribution in [0.4, 0.5) is 5.69 Å². The summed E-state index contributed by atoms with van der Waals surface area (Å²) in [4.78, 5) is 22.9. The van der Waals surface area contributed by atoms with Gasteiger partial charge in [0.1, 0.15) is 4.99 Å². The summed E-state index contributed by atoms with van der Waals surface area (Å²) in [5, 5.41) is 3.09. The third-order valence-corrected chi connectivity index (χ3v) is 9.14. The molecule has 0 radical (unpaired) electrons. The molecule has 1 unspecified atom stereocenters. The van der Waals surface area contributed by atoms with Gasteiger partial charge in [-0.2, -0.15) is 0 Å². The number of rotatable bonds is 8. The Labute approximate surface area is 233 Å². The van der Waals surface area contributed by atoms with Crippen LogP contribution >= 0.6 is 12.2 Å². The lowest BCUT2D eigenvalue weighted by Crippen LogP contribution is -2.38. The highest BCUT2D eigenvalue weighted by atomic mass is 32.1. The van der Waals surface area contributed by atoms with E-state index in [1.54, 1.807) is 0 Å². The number of fused-ring (bicyclic) bond motifs is 1. The fourth-order valence-electron chi connectivity index (χ4n) is 6.54. The van der Waals surface area contributed by atoms with Gasteiger partial charge in [-0.05, 0) is 74.5 Å². The number of nitrogens with zero attached hydrogens (tertiary/aromatic N) is 3. The average molecular weight is 531 g/mol. The Kier molecular flexibility index (Phi) is 9.23. The smallest absolute Gasteiger partial charge is 0.251 e. The van der Waals surface area contributed by atoms with E-state index >= 15 is 0 Å². The van der Waals surface area contributed by atoms with Crippen molar-refractivity contribution in [2.45, 2.75) is 77.2 Å². The van der Waals surface area contributed by atoms with Gasteiger partial charge in [-0.15, -0.1) is 0 Å².